The smallest absolute Gasteiger partial charge is 0.217 e. The van der Waals surface area contributed by atoms with Crippen LogP contribution in [0.1, 0.15) is 13.3 Å². The Kier molecular flexibility index (Phi) is 3.11. The predicted molar refractivity (Wildman–Crippen MR) is 83.8 cm³/mol. The molecule has 0 fully saturated rings. The van der Waals surface area contributed by atoms with Crippen LogP contribution in [-0.4, -0.2) is 35.1 Å². The fraction of sp³-hybridized carbons (Fsp3) is 0.286. The molecule has 0 bridgehead atoms. The molecule has 0 N–H and O–H groups in total. The van der Waals surface area contributed by atoms with Crippen molar-refractivity contribution in [2.24, 2.45) is 7.05 Å². The summed E-state index contributed by atoms with van der Waals surface area (Å²) in [6.45, 7) is 2.16. The molecular weight excluding hydrogens is 300 g/mol. The Morgan fingerprint density at radius 3 is 3.00 bits per heavy atom. The average molecular weight is 314 g/mol. The van der Waals surface area contributed by atoms with Crippen LogP contribution in [0, 0.1) is 0 Å². The van der Waals surface area contributed by atoms with Crippen molar-refractivity contribution in [3.63, 3.8) is 0 Å². The second kappa shape index (κ2) is 5.13. The predicted octanol–water partition coefficient (Wildman–Crippen LogP) is 2.77. The van der Waals surface area contributed by atoms with Crippen LogP contribution in [-0.2, 0) is 7.05 Å². The molecule has 0 aliphatic rings. The van der Waals surface area contributed by atoms with Crippen LogP contribution in [0.2, 0.25) is 0 Å². The maximum atomic E-state index is 5.38. The first kappa shape index (κ1) is 13.3. The SMILES string of the molecule is CCCSc1c2c(ncn3nc(-c4ccco4)nc23)nn1C. The Labute approximate surface area is 130 Å². The normalized spacial score (nSPS) is 11.7. The Bertz CT molecular complexity index is 939. The van der Waals surface area contributed by atoms with Crippen molar-refractivity contribution >= 4 is 28.4 Å². The lowest BCUT2D eigenvalue weighted by Crippen LogP contribution is -1.92. The van der Waals surface area contributed by atoms with E-state index in [0.29, 0.717) is 17.2 Å². The zero-order chi connectivity index (χ0) is 15.1. The lowest BCUT2D eigenvalue weighted by atomic mass is 10.4. The van der Waals surface area contributed by atoms with Crippen LogP contribution in [0.15, 0.2) is 34.2 Å². The van der Waals surface area contributed by atoms with Crippen molar-refractivity contribution < 1.29 is 4.42 Å². The molecular formula is C14H14N6OS. The highest BCUT2D eigenvalue weighted by Gasteiger charge is 2.18. The van der Waals surface area contributed by atoms with Crippen LogP contribution < -0.4 is 0 Å². The summed E-state index contributed by atoms with van der Waals surface area (Å²) in [7, 11) is 1.93. The number of aromatic nitrogens is 6. The fourth-order valence-electron chi connectivity index (χ4n) is 2.34. The third kappa shape index (κ3) is 1.98. The van der Waals surface area contributed by atoms with E-state index in [4.69, 9.17) is 4.42 Å². The molecule has 4 aromatic rings. The zero-order valence-electron chi connectivity index (χ0n) is 12.2. The molecule has 8 heteroatoms. The summed E-state index contributed by atoms with van der Waals surface area (Å²) in [6.07, 6.45) is 4.35. The molecule has 0 aliphatic carbocycles. The summed E-state index contributed by atoms with van der Waals surface area (Å²) in [4.78, 5) is 8.99. The van der Waals surface area contributed by atoms with E-state index in [9.17, 15) is 0 Å². The van der Waals surface area contributed by atoms with Gasteiger partial charge in [-0.25, -0.2) is 14.5 Å². The summed E-state index contributed by atoms with van der Waals surface area (Å²) in [6, 6.07) is 3.66. The van der Waals surface area contributed by atoms with Crippen LogP contribution in [0.5, 0.6) is 0 Å². The van der Waals surface area contributed by atoms with Gasteiger partial charge in [-0.1, -0.05) is 6.92 Å². The van der Waals surface area contributed by atoms with E-state index >= 15 is 0 Å². The monoisotopic (exact) mass is 314 g/mol. The van der Waals surface area contributed by atoms with Gasteiger partial charge in [-0.3, -0.25) is 4.68 Å². The summed E-state index contributed by atoms with van der Waals surface area (Å²) in [5, 5.41) is 10.9. The topological polar surface area (TPSA) is 74.0 Å². The number of nitrogens with zero attached hydrogens (tertiary/aromatic N) is 6. The minimum atomic E-state index is 0.551. The molecule has 22 heavy (non-hydrogen) atoms. The van der Waals surface area contributed by atoms with E-state index in [1.54, 1.807) is 28.9 Å². The number of aryl methyl sites for hydroxylation is 1. The molecule has 0 radical (unpaired) electrons. The van der Waals surface area contributed by atoms with Crippen molar-refractivity contribution in [3.05, 3.63) is 24.7 Å². The molecule has 0 spiro atoms. The first-order chi connectivity index (χ1) is 10.8. The van der Waals surface area contributed by atoms with Crippen LogP contribution >= 0.6 is 11.8 Å². The molecule has 4 heterocycles. The lowest BCUT2D eigenvalue weighted by Gasteiger charge is -2.00. The van der Waals surface area contributed by atoms with Crippen molar-refractivity contribution in [3.8, 4) is 11.6 Å². The highest BCUT2D eigenvalue weighted by atomic mass is 32.2. The Hall–Kier alpha value is -2.35. The number of fused-ring (bicyclic) bond motifs is 3. The van der Waals surface area contributed by atoms with Crippen molar-refractivity contribution in [1.29, 1.82) is 0 Å². The number of furan rings is 1. The molecule has 0 unspecified atom stereocenters. The number of thioether (sulfide) groups is 1. The molecule has 0 saturated carbocycles. The van der Waals surface area contributed by atoms with Gasteiger partial charge in [-0.05, 0) is 24.3 Å². The van der Waals surface area contributed by atoms with E-state index < -0.39 is 0 Å². The minimum absolute atomic E-state index is 0.551. The maximum absolute atomic E-state index is 5.38. The minimum Gasteiger partial charge on any atom is -0.461 e. The molecule has 0 atom stereocenters. The molecule has 0 amide bonds. The summed E-state index contributed by atoms with van der Waals surface area (Å²) >= 11 is 1.76. The molecule has 0 aromatic carbocycles. The number of hydrogen-bond donors (Lipinski definition) is 0. The maximum Gasteiger partial charge on any atom is 0.217 e. The van der Waals surface area contributed by atoms with E-state index in [1.807, 2.05) is 23.9 Å². The van der Waals surface area contributed by atoms with Gasteiger partial charge in [0, 0.05) is 7.05 Å². The second-order valence-corrected chi connectivity index (χ2v) is 5.98. The van der Waals surface area contributed by atoms with Gasteiger partial charge >= 0.3 is 0 Å². The quantitative estimate of drug-likeness (QED) is 0.539. The van der Waals surface area contributed by atoms with Gasteiger partial charge in [0.15, 0.2) is 17.1 Å². The van der Waals surface area contributed by atoms with E-state index in [0.717, 1.165) is 28.2 Å². The van der Waals surface area contributed by atoms with Crippen LogP contribution in [0.25, 0.3) is 28.3 Å². The van der Waals surface area contributed by atoms with Gasteiger partial charge in [-0.2, -0.15) is 5.10 Å². The fourth-order valence-corrected chi connectivity index (χ4v) is 3.29. The number of rotatable bonds is 4. The Balaban J connectivity index is 1.97. The van der Waals surface area contributed by atoms with Gasteiger partial charge < -0.3 is 4.42 Å². The summed E-state index contributed by atoms with van der Waals surface area (Å²) in [5.41, 5.74) is 1.44. The standard InChI is InChI=1S/C14H14N6OS/c1-3-7-22-14-10-12(17-19(14)2)15-8-20-13(10)16-11(18-20)9-5-4-6-21-9/h4-6,8H,3,7H2,1-2H3. The van der Waals surface area contributed by atoms with Gasteiger partial charge in [0.05, 0.1) is 11.6 Å². The lowest BCUT2D eigenvalue weighted by molar-refractivity contribution is 0.577. The van der Waals surface area contributed by atoms with Crippen molar-refractivity contribution in [2.75, 3.05) is 5.75 Å². The van der Waals surface area contributed by atoms with E-state index in [1.165, 1.54) is 0 Å². The summed E-state index contributed by atoms with van der Waals surface area (Å²) in [5.74, 6) is 2.22. The third-order valence-electron chi connectivity index (χ3n) is 3.30. The largest absolute Gasteiger partial charge is 0.461 e. The number of hydrogen-bond acceptors (Lipinski definition) is 6. The Morgan fingerprint density at radius 2 is 2.23 bits per heavy atom. The molecule has 7 nitrogen and oxygen atoms in total. The van der Waals surface area contributed by atoms with E-state index in [-0.39, 0.29) is 0 Å². The molecule has 0 saturated heterocycles. The summed E-state index contributed by atoms with van der Waals surface area (Å²) < 4.78 is 8.92. The van der Waals surface area contributed by atoms with Crippen LogP contribution in [0.3, 0.4) is 0 Å². The molecule has 112 valence electrons. The second-order valence-electron chi connectivity index (χ2n) is 4.90. The van der Waals surface area contributed by atoms with Gasteiger partial charge in [0.1, 0.15) is 11.4 Å². The molecule has 0 aliphatic heterocycles. The zero-order valence-corrected chi connectivity index (χ0v) is 13.0. The molecule has 4 aromatic heterocycles. The van der Waals surface area contributed by atoms with E-state index in [2.05, 4.69) is 27.1 Å². The average Bonchev–Trinajstić information content (AvgIpc) is 3.22. The van der Waals surface area contributed by atoms with Crippen LogP contribution in [0.4, 0.5) is 0 Å². The Morgan fingerprint density at radius 1 is 1.32 bits per heavy atom. The van der Waals surface area contributed by atoms with Gasteiger partial charge in [0.2, 0.25) is 5.82 Å². The third-order valence-corrected chi connectivity index (χ3v) is 4.66. The molecule has 4 rings (SSSR count). The van der Waals surface area contributed by atoms with Crippen molar-refractivity contribution in [2.45, 2.75) is 18.4 Å². The van der Waals surface area contributed by atoms with Gasteiger partial charge in [-0.15, -0.1) is 16.9 Å². The highest BCUT2D eigenvalue weighted by molar-refractivity contribution is 7.99. The van der Waals surface area contributed by atoms with Gasteiger partial charge in [0.25, 0.3) is 0 Å². The first-order valence-electron chi connectivity index (χ1n) is 7.02. The highest BCUT2D eigenvalue weighted by Crippen LogP contribution is 2.30. The van der Waals surface area contributed by atoms with Crippen molar-refractivity contribution in [1.82, 2.24) is 29.4 Å². The first-order valence-corrected chi connectivity index (χ1v) is 8.01.